The Morgan fingerprint density at radius 2 is 2.11 bits per heavy atom. The average Bonchev–Trinajstić information content (AvgIpc) is 2.31. The molecule has 0 aliphatic rings. The molecule has 0 unspecified atom stereocenters. The smallest absolute Gasteiger partial charge is 0.308 e. The Balaban J connectivity index is 2.60. The molecule has 0 N–H and O–H groups in total. The Morgan fingerprint density at radius 3 is 2.78 bits per heavy atom. The van der Waals surface area contributed by atoms with E-state index in [0.29, 0.717) is 34.2 Å². The summed E-state index contributed by atoms with van der Waals surface area (Å²) in [4.78, 5) is 19.0. The molecule has 6 heteroatoms. The van der Waals surface area contributed by atoms with E-state index in [1.54, 1.807) is 12.1 Å². The Morgan fingerprint density at radius 1 is 1.33 bits per heavy atom. The maximum atomic E-state index is 11.0. The van der Waals surface area contributed by atoms with Crippen LogP contribution in [-0.4, -0.2) is 22.5 Å². The lowest BCUT2D eigenvalue weighted by atomic mass is 10.2. The van der Waals surface area contributed by atoms with Gasteiger partial charge in [-0.05, 0) is 13.0 Å². The molecular formula is C12H11ClN2O3. The molecule has 0 bridgehead atoms. The summed E-state index contributed by atoms with van der Waals surface area (Å²) >= 11 is 5.96. The third-order valence-corrected chi connectivity index (χ3v) is 2.51. The predicted octanol–water partition coefficient (Wildman–Crippen LogP) is 2.61. The molecule has 0 radical (unpaired) electrons. The highest BCUT2D eigenvalue weighted by Crippen LogP contribution is 2.34. The van der Waals surface area contributed by atoms with Gasteiger partial charge in [0, 0.05) is 18.4 Å². The SMILES string of the molecule is CCOc1cc2ncnc(Cl)c2cc1OC(C)=O. The van der Waals surface area contributed by atoms with Crippen molar-refractivity contribution in [1.82, 2.24) is 9.97 Å². The molecule has 0 atom stereocenters. The summed E-state index contributed by atoms with van der Waals surface area (Å²) in [6.45, 7) is 3.62. The first kappa shape index (κ1) is 12.6. The second-order valence-electron chi connectivity index (χ2n) is 3.51. The second kappa shape index (κ2) is 5.18. The van der Waals surface area contributed by atoms with Gasteiger partial charge in [-0.1, -0.05) is 11.6 Å². The van der Waals surface area contributed by atoms with Crippen LogP contribution in [0.1, 0.15) is 13.8 Å². The van der Waals surface area contributed by atoms with Gasteiger partial charge in [0.2, 0.25) is 0 Å². The van der Waals surface area contributed by atoms with Crippen molar-refractivity contribution in [2.24, 2.45) is 0 Å². The minimum absolute atomic E-state index is 0.302. The van der Waals surface area contributed by atoms with Gasteiger partial charge in [0.05, 0.1) is 12.1 Å². The van der Waals surface area contributed by atoms with Crippen LogP contribution in [0.15, 0.2) is 18.5 Å². The number of hydrogen-bond donors (Lipinski definition) is 0. The van der Waals surface area contributed by atoms with Crippen LogP contribution < -0.4 is 9.47 Å². The van der Waals surface area contributed by atoms with Gasteiger partial charge in [-0.2, -0.15) is 0 Å². The quantitative estimate of drug-likeness (QED) is 0.485. The van der Waals surface area contributed by atoms with E-state index >= 15 is 0 Å². The van der Waals surface area contributed by atoms with E-state index in [2.05, 4.69) is 9.97 Å². The molecule has 0 saturated heterocycles. The number of ether oxygens (including phenoxy) is 2. The molecule has 0 aliphatic heterocycles. The molecule has 0 saturated carbocycles. The third kappa shape index (κ3) is 2.51. The highest BCUT2D eigenvalue weighted by atomic mass is 35.5. The fourth-order valence-electron chi connectivity index (χ4n) is 1.54. The molecular weight excluding hydrogens is 256 g/mol. The van der Waals surface area contributed by atoms with E-state index < -0.39 is 5.97 Å². The van der Waals surface area contributed by atoms with E-state index in [0.717, 1.165) is 0 Å². The van der Waals surface area contributed by atoms with Gasteiger partial charge in [0.1, 0.15) is 11.5 Å². The normalized spacial score (nSPS) is 10.4. The van der Waals surface area contributed by atoms with Crippen molar-refractivity contribution in [2.45, 2.75) is 13.8 Å². The van der Waals surface area contributed by atoms with Crippen LogP contribution in [0.25, 0.3) is 10.9 Å². The van der Waals surface area contributed by atoms with Crippen LogP contribution in [0.5, 0.6) is 11.5 Å². The molecule has 5 nitrogen and oxygen atoms in total. The van der Waals surface area contributed by atoms with Crippen LogP contribution in [0, 0.1) is 0 Å². The molecule has 0 amide bonds. The lowest BCUT2D eigenvalue weighted by Crippen LogP contribution is -2.04. The maximum Gasteiger partial charge on any atom is 0.308 e. The highest BCUT2D eigenvalue weighted by molar-refractivity contribution is 6.34. The van der Waals surface area contributed by atoms with E-state index in [9.17, 15) is 4.79 Å². The predicted molar refractivity (Wildman–Crippen MR) is 67.0 cm³/mol. The Hall–Kier alpha value is -1.88. The lowest BCUT2D eigenvalue weighted by molar-refractivity contribution is -0.132. The summed E-state index contributed by atoms with van der Waals surface area (Å²) in [5.41, 5.74) is 0.634. The van der Waals surface area contributed by atoms with Crippen LogP contribution in [0.3, 0.4) is 0 Å². The van der Waals surface area contributed by atoms with Gasteiger partial charge in [-0.3, -0.25) is 4.79 Å². The van der Waals surface area contributed by atoms with Gasteiger partial charge >= 0.3 is 5.97 Å². The Kier molecular flexibility index (Phi) is 3.62. The zero-order chi connectivity index (χ0) is 13.1. The van der Waals surface area contributed by atoms with Gasteiger partial charge in [0.15, 0.2) is 11.5 Å². The summed E-state index contributed by atoms with van der Waals surface area (Å²) in [5, 5.41) is 0.912. The molecule has 18 heavy (non-hydrogen) atoms. The zero-order valence-electron chi connectivity index (χ0n) is 9.94. The van der Waals surface area contributed by atoms with Crippen molar-refractivity contribution in [3.63, 3.8) is 0 Å². The fourth-order valence-corrected chi connectivity index (χ4v) is 1.73. The molecule has 94 valence electrons. The zero-order valence-corrected chi connectivity index (χ0v) is 10.7. The van der Waals surface area contributed by atoms with Gasteiger partial charge in [-0.25, -0.2) is 9.97 Å². The van der Waals surface area contributed by atoms with Crippen molar-refractivity contribution in [3.8, 4) is 11.5 Å². The van der Waals surface area contributed by atoms with Crippen LogP contribution in [-0.2, 0) is 4.79 Å². The molecule has 2 aromatic rings. The number of halogens is 1. The molecule has 1 aromatic heterocycles. The summed E-state index contributed by atoms with van der Waals surface area (Å²) in [6, 6.07) is 3.27. The average molecular weight is 267 g/mol. The third-order valence-electron chi connectivity index (χ3n) is 2.21. The number of esters is 1. The number of benzene rings is 1. The molecule has 1 heterocycles. The number of carbonyl (C=O) groups is 1. The monoisotopic (exact) mass is 266 g/mol. The van der Waals surface area contributed by atoms with E-state index in [-0.39, 0.29) is 0 Å². The van der Waals surface area contributed by atoms with Gasteiger partial charge in [0.25, 0.3) is 0 Å². The summed E-state index contributed by atoms with van der Waals surface area (Å²) in [6.07, 6.45) is 1.37. The number of hydrogen-bond acceptors (Lipinski definition) is 5. The number of fused-ring (bicyclic) bond motifs is 1. The second-order valence-corrected chi connectivity index (χ2v) is 3.87. The number of nitrogens with zero attached hydrogens (tertiary/aromatic N) is 2. The summed E-state index contributed by atoms with van der Waals surface area (Å²) in [7, 11) is 0. The van der Waals surface area contributed by atoms with Gasteiger partial charge < -0.3 is 9.47 Å². The van der Waals surface area contributed by atoms with Crippen molar-refractivity contribution >= 4 is 28.5 Å². The van der Waals surface area contributed by atoms with E-state index in [1.807, 2.05) is 6.92 Å². The number of carbonyl (C=O) groups excluding carboxylic acids is 1. The van der Waals surface area contributed by atoms with E-state index in [4.69, 9.17) is 21.1 Å². The molecule has 1 aromatic carbocycles. The molecule has 0 aliphatic carbocycles. The molecule has 2 rings (SSSR count). The Labute approximate surface area is 109 Å². The van der Waals surface area contributed by atoms with Crippen LogP contribution >= 0.6 is 11.6 Å². The van der Waals surface area contributed by atoms with Crippen molar-refractivity contribution in [1.29, 1.82) is 0 Å². The minimum Gasteiger partial charge on any atom is -0.490 e. The first-order valence-electron chi connectivity index (χ1n) is 5.37. The molecule has 0 fully saturated rings. The van der Waals surface area contributed by atoms with Crippen molar-refractivity contribution in [3.05, 3.63) is 23.6 Å². The van der Waals surface area contributed by atoms with E-state index in [1.165, 1.54) is 13.3 Å². The lowest BCUT2D eigenvalue weighted by Gasteiger charge is -2.10. The first-order chi connectivity index (χ1) is 8.61. The van der Waals surface area contributed by atoms with Crippen molar-refractivity contribution in [2.75, 3.05) is 6.61 Å². The van der Waals surface area contributed by atoms with Crippen LogP contribution in [0.4, 0.5) is 0 Å². The largest absolute Gasteiger partial charge is 0.490 e. The van der Waals surface area contributed by atoms with Crippen molar-refractivity contribution < 1.29 is 14.3 Å². The fraction of sp³-hybridized carbons (Fsp3) is 0.250. The standard InChI is InChI=1S/C12H11ClN2O3/c1-3-17-10-5-9-8(12(13)15-6-14-9)4-11(10)18-7(2)16/h4-6H,3H2,1-2H3. The number of rotatable bonds is 3. The summed E-state index contributed by atoms with van der Waals surface area (Å²) in [5.74, 6) is 0.340. The summed E-state index contributed by atoms with van der Waals surface area (Å²) < 4.78 is 10.5. The van der Waals surface area contributed by atoms with Crippen LogP contribution in [0.2, 0.25) is 5.15 Å². The first-order valence-corrected chi connectivity index (χ1v) is 5.75. The molecule has 0 spiro atoms. The number of aromatic nitrogens is 2. The Bertz CT molecular complexity index is 601. The highest BCUT2D eigenvalue weighted by Gasteiger charge is 2.12. The maximum absolute atomic E-state index is 11.0. The topological polar surface area (TPSA) is 61.3 Å². The minimum atomic E-state index is -0.428. The van der Waals surface area contributed by atoms with Gasteiger partial charge in [-0.15, -0.1) is 0 Å².